The van der Waals surface area contributed by atoms with Crippen LogP contribution < -0.4 is 5.73 Å². The number of halogens is 2. The second kappa shape index (κ2) is 6.98. The van der Waals surface area contributed by atoms with E-state index in [1.807, 2.05) is 24.3 Å². The number of thioether (sulfide) groups is 1. The highest BCUT2D eigenvalue weighted by atomic mass is 35.5. The van der Waals surface area contributed by atoms with E-state index in [1.54, 1.807) is 0 Å². The Kier molecular flexibility index (Phi) is 5.27. The standard InChI is InChI=1S/C13H11Cl2N3O2S/c1-20-12(19)9-10(14)17-13(18-11(9)15)21-6-7-2-4-8(16)5-3-7/h2-5H,6,16H2,1H3. The van der Waals surface area contributed by atoms with Crippen molar-refractivity contribution in [3.8, 4) is 0 Å². The van der Waals surface area contributed by atoms with Crippen LogP contribution in [0.4, 0.5) is 5.69 Å². The quantitative estimate of drug-likeness (QED) is 0.301. The number of benzene rings is 1. The molecular formula is C13H11Cl2N3O2S. The molecule has 0 aliphatic carbocycles. The molecule has 0 amide bonds. The normalized spacial score (nSPS) is 10.4. The molecular weight excluding hydrogens is 333 g/mol. The maximum absolute atomic E-state index is 11.5. The molecule has 0 fully saturated rings. The zero-order valence-electron chi connectivity index (χ0n) is 11.0. The monoisotopic (exact) mass is 343 g/mol. The molecule has 5 nitrogen and oxygen atoms in total. The van der Waals surface area contributed by atoms with Crippen LogP contribution in [0.3, 0.4) is 0 Å². The first-order valence-corrected chi connectivity index (χ1v) is 7.54. The molecule has 0 bridgehead atoms. The highest BCUT2D eigenvalue weighted by molar-refractivity contribution is 7.98. The third kappa shape index (κ3) is 4.00. The number of methoxy groups -OCH3 is 1. The van der Waals surface area contributed by atoms with Crippen LogP contribution in [-0.2, 0) is 10.5 Å². The van der Waals surface area contributed by atoms with Gasteiger partial charge in [-0.3, -0.25) is 0 Å². The Labute approximate surface area is 135 Å². The fourth-order valence-electron chi connectivity index (χ4n) is 1.49. The Morgan fingerprint density at radius 1 is 1.24 bits per heavy atom. The highest BCUT2D eigenvalue weighted by Crippen LogP contribution is 2.27. The van der Waals surface area contributed by atoms with Gasteiger partial charge in [-0.05, 0) is 17.7 Å². The Hall–Kier alpha value is -1.50. The summed E-state index contributed by atoms with van der Waals surface area (Å²) in [4.78, 5) is 19.6. The molecule has 1 aromatic heterocycles. The van der Waals surface area contributed by atoms with Crippen molar-refractivity contribution >= 4 is 46.6 Å². The number of hydrogen-bond acceptors (Lipinski definition) is 6. The molecule has 0 aliphatic rings. The molecule has 1 aromatic carbocycles. The van der Waals surface area contributed by atoms with Crippen LogP contribution in [0.25, 0.3) is 0 Å². The van der Waals surface area contributed by atoms with E-state index in [0.717, 1.165) is 5.56 Å². The summed E-state index contributed by atoms with van der Waals surface area (Å²) in [7, 11) is 1.23. The van der Waals surface area contributed by atoms with Crippen LogP contribution in [0.15, 0.2) is 29.4 Å². The van der Waals surface area contributed by atoms with Gasteiger partial charge in [0, 0.05) is 11.4 Å². The second-order valence-corrected chi connectivity index (χ2v) is 5.64. The number of esters is 1. The smallest absolute Gasteiger partial charge is 0.344 e. The van der Waals surface area contributed by atoms with Crippen LogP contribution in [0, 0.1) is 0 Å². The van der Waals surface area contributed by atoms with Gasteiger partial charge in [-0.1, -0.05) is 47.1 Å². The summed E-state index contributed by atoms with van der Waals surface area (Å²) in [5, 5.41) is 0.331. The molecule has 110 valence electrons. The lowest BCUT2D eigenvalue weighted by molar-refractivity contribution is 0.0600. The van der Waals surface area contributed by atoms with Crippen LogP contribution in [0.5, 0.6) is 0 Å². The third-order valence-corrected chi connectivity index (χ3v) is 4.00. The summed E-state index contributed by atoms with van der Waals surface area (Å²) in [5.41, 5.74) is 7.35. The Morgan fingerprint density at radius 2 is 1.81 bits per heavy atom. The minimum atomic E-state index is -0.667. The first-order valence-electron chi connectivity index (χ1n) is 5.80. The van der Waals surface area contributed by atoms with Crippen LogP contribution in [0.2, 0.25) is 10.3 Å². The zero-order valence-corrected chi connectivity index (χ0v) is 13.3. The zero-order chi connectivity index (χ0) is 15.4. The highest BCUT2D eigenvalue weighted by Gasteiger charge is 2.19. The Morgan fingerprint density at radius 3 is 2.33 bits per heavy atom. The number of anilines is 1. The lowest BCUT2D eigenvalue weighted by Gasteiger charge is -2.06. The van der Waals surface area contributed by atoms with Gasteiger partial charge in [0.25, 0.3) is 0 Å². The average Bonchev–Trinajstić information content (AvgIpc) is 2.45. The van der Waals surface area contributed by atoms with E-state index in [2.05, 4.69) is 14.7 Å². The number of nitrogens with two attached hydrogens (primary N) is 1. The van der Waals surface area contributed by atoms with Gasteiger partial charge >= 0.3 is 5.97 Å². The van der Waals surface area contributed by atoms with Crippen molar-refractivity contribution in [2.45, 2.75) is 10.9 Å². The lowest BCUT2D eigenvalue weighted by Crippen LogP contribution is -2.06. The fraction of sp³-hybridized carbons (Fsp3) is 0.154. The molecule has 0 atom stereocenters. The van der Waals surface area contributed by atoms with E-state index in [4.69, 9.17) is 28.9 Å². The van der Waals surface area contributed by atoms with E-state index < -0.39 is 5.97 Å². The second-order valence-electron chi connectivity index (χ2n) is 3.98. The fourth-order valence-corrected chi connectivity index (χ4v) is 2.93. The summed E-state index contributed by atoms with van der Waals surface area (Å²) in [6.45, 7) is 0. The number of carbonyl (C=O) groups excluding carboxylic acids is 1. The number of aromatic nitrogens is 2. The van der Waals surface area contributed by atoms with Crippen molar-refractivity contribution in [2.75, 3.05) is 12.8 Å². The minimum Gasteiger partial charge on any atom is -0.465 e. The van der Waals surface area contributed by atoms with Crippen molar-refractivity contribution in [1.82, 2.24) is 9.97 Å². The van der Waals surface area contributed by atoms with Gasteiger partial charge in [-0.2, -0.15) is 0 Å². The van der Waals surface area contributed by atoms with Crippen molar-refractivity contribution in [3.63, 3.8) is 0 Å². The predicted octanol–water partition coefficient (Wildman–Crippen LogP) is 3.44. The number of carbonyl (C=O) groups is 1. The van der Waals surface area contributed by atoms with Crippen molar-refractivity contribution in [2.24, 2.45) is 0 Å². The number of ether oxygens (including phenoxy) is 1. The molecule has 21 heavy (non-hydrogen) atoms. The van der Waals surface area contributed by atoms with Crippen molar-refractivity contribution < 1.29 is 9.53 Å². The maximum Gasteiger partial charge on any atom is 0.344 e. The van der Waals surface area contributed by atoms with Gasteiger partial charge in [0.15, 0.2) is 5.16 Å². The molecule has 0 saturated carbocycles. The van der Waals surface area contributed by atoms with Gasteiger partial charge in [-0.15, -0.1) is 0 Å². The molecule has 0 radical (unpaired) electrons. The number of nitrogens with zero attached hydrogens (tertiary/aromatic N) is 2. The summed E-state index contributed by atoms with van der Waals surface area (Å²) >= 11 is 13.2. The number of hydrogen-bond donors (Lipinski definition) is 1. The van der Waals surface area contributed by atoms with Crippen molar-refractivity contribution in [1.29, 1.82) is 0 Å². The van der Waals surface area contributed by atoms with E-state index in [9.17, 15) is 4.79 Å². The molecule has 0 aliphatic heterocycles. The van der Waals surface area contributed by atoms with E-state index in [-0.39, 0.29) is 15.9 Å². The number of nitrogen functional groups attached to an aromatic ring is 1. The summed E-state index contributed by atoms with van der Waals surface area (Å²) < 4.78 is 4.57. The summed E-state index contributed by atoms with van der Waals surface area (Å²) in [6, 6.07) is 7.46. The SMILES string of the molecule is COC(=O)c1c(Cl)nc(SCc2ccc(N)cc2)nc1Cl. The minimum absolute atomic E-state index is 0.0262. The molecule has 8 heteroatoms. The van der Waals surface area contributed by atoms with Crippen LogP contribution in [0.1, 0.15) is 15.9 Å². The van der Waals surface area contributed by atoms with E-state index >= 15 is 0 Å². The molecule has 0 unspecified atom stereocenters. The van der Waals surface area contributed by atoms with E-state index in [0.29, 0.717) is 16.6 Å². The Balaban J connectivity index is 2.14. The van der Waals surface area contributed by atoms with E-state index in [1.165, 1.54) is 18.9 Å². The van der Waals surface area contributed by atoms with Crippen molar-refractivity contribution in [3.05, 3.63) is 45.7 Å². The van der Waals surface area contributed by atoms with Gasteiger partial charge in [0.2, 0.25) is 0 Å². The largest absolute Gasteiger partial charge is 0.465 e. The van der Waals surface area contributed by atoms with Gasteiger partial charge in [0.1, 0.15) is 15.9 Å². The molecule has 0 spiro atoms. The predicted molar refractivity (Wildman–Crippen MR) is 83.8 cm³/mol. The Bertz CT molecular complexity index is 642. The topological polar surface area (TPSA) is 78.1 Å². The molecule has 2 aromatic rings. The van der Waals surface area contributed by atoms with Gasteiger partial charge in [0.05, 0.1) is 7.11 Å². The third-order valence-electron chi connectivity index (χ3n) is 2.54. The van der Waals surface area contributed by atoms with Crippen LogP contribution >= 0.6 is 35.0 Å². The molecule has 0 saturated heterocycles. The molecule has 2 N–H and O–H groups in total. The summed E-state index contributed by atoms with van der Waals surface area (Å²) in [6.07, 6.45) is 0. The van der Waals surface area contributed by atoms with Crippen LogP contribution in [-0.4, -0.2) is 23.0 Å². The number of rotatable bonds is 4. The first kappa shape index (κ1) is 15.9. The van der Waals surface area contributed by atoms with Gasteiger partial charge < -0.3 is 10.5 Å². The first-order chi connectivity index (χ1) is 10.0. The maximum atomic E-state index is 11.5. The molecule has 2 rings (SSSR count). The lowest BCUT2D eigenvalue weighted by atomic mass is 10.2. The average molecular weight is 344 g/mol. The van der Waals surface area contributed by atoms with Gasteiger partial charge in [-0.25, -0.2) is 14.8 Å². The summed E-state index contributed by atoms with van der Waals surface area (Å²) in [5.74, 6) is -0.0371. The molecule has 1 heterocycles.